The van der Waals surface area contributed by atoms with Crippen LogP contribution in [0.4, 0.5) is 0 Å². The number of thiazole rings is 1. The fraction of sp³-hybridized carbons (Fsp3) is 0.636. The molecule has 1 heterocycles. The number of aliphatic hydroxyl groups is 1. The fourth-order valence-corrected chi connectivity index (χ4v) is 6.52. The van der Waals surface area contributed by atoms with E-state index in [1.165, 1.54) is 30.6 Å². The first-order chi connectivity index (χ1) is 20.8. The molecule has 0 unspecified atom stereocenters. The Balaban J connectivity index is 1.73. The molecule has 1 aromatic carbocycles. The van der Waals surface area contributed by atoms with Gasteiger partial charge in [-0.25, -0.2) is 4.98 Å². The van der Waals surface area contributed by atoms with Gasteiger partial charge in [0.15, 0.2) is 0 Å². The molecule has 0 bridgehead atoms. The van der Waals surface area contributed by atoms with Crippen LogP contribution in [0.1, 0.15) is 101 Å². The SMILES string of the molecule is CC(C)C[C@H](N[C@@H](CC1CCCCC1)[C@@H](O)c1nccs1)C(=O)NC(=O)[C@H](Cc1ccccc1)NC(=O)CCCCCN. The second kappa shape index (κ2) is 18.9. The number of carbonyl (C=O) groups is 3. The van der Waals surface area contributed by atoms with Gasteiger partial charge in [-0.15, -0.1) is 11.3 Å². The molecule has 3 amide bonds. The number of aliphatic hydroxyl groups excluding tert-OH is 1. The van der Waals surface area contributed by atoms with Crippen LogP contribution in [0, 0.1) is 11.8 Å². The molecule has 0 spiro atoms. The van der Waals surface area contributed by atoms with E-state index in [4.69, 9.17) is 5.73 Å². The molecule has 1 aliphatic rings. The molecule has 1 fully saturated rings. The summed E-state index contributed by atoms with van der Waals surface area (Å²) in [6, 6.07) is 7.48. The number of amides is 3. The van der Waals surface area contributed by atoms with Crippen LogP contribution in [0.25, 0.3) is 0 Å². The molecule has 0 saturated heterocycles. The Kier molecular flexibility index (Phi) is 15.3. The van der Waals surface area contributed by atoms with Crippen molar-refractivity contribution in [2.45, 2.75) is 115 Å². The van der Waals surface area contributed by atoms with E-state index in [0.717, 1.165) is 37.7 Å². The third kappa shape index (κ3) is 12.5. The van der Waals surface area contributed by atoms with Gasteiger partial charge in [0, 0.05) is 30.5 Å². The number of nitrogens with zero attached hydrogens (tertiary/aromatic N) is 1. The highest BCUT2D eigenvalue weighted by Gasteiger charge is 2.33. The summed E-state index contributed by atoms with van der Waals surface area (Å²) in [7, 11) is 0. The number of nitrogens with one attached hydrogen (secondary N) is 3. The summed E-state index contributed by atoms with van der Waals surface area (Å²) in [4.78, 5) is 44.3. The number of imide groups is 1. The normalized spacial score (nSPS) is 16.8. The predicted molar refractivity (Wildman–Crippen MR) is 171 cm³/mol. The molecule has 1 aromatic heterocycles. The molecule has 0 radical (unpaired) electrons. The van der Waals surface area contributed by atoms with Crippen LogP contribution in [-0.2, 0) is 20.8 Å². The van der Waals surface area contributed by atoms with Gasteiger partial charge in [0.25, 0.3) is 0 Å². The van der Waals surface area contributed by atoms with Gasteiger partial charge >= 0.3 is 0 Å². The van der Waals surface area contributed by atoms with Crippen molar-refractivity contribution in [3.8, 4) is 0 Å². The van der Waals surface area contributed by atoms with E-state index < -0.39 is 30.0 Å². The average molecular weight is 614 g/mol. The lowest BCUT2D eigenvalue weighted by Gasteiger charge is -2.33. The van der Waals surface area contributed by atoms with Gasteiger partial charge in [0.05, 0.1) is 6.04 Å². The maximum absolute atomic E-state index is 13.7. The Morgan fingerprint density at radius 2 is 1.74 bits per heavy atom. The zero-order valence-electron chi connectivity index (χ0n) is 25.8. The maximum atomic E-state index is 13.7. The number of rotatable bonds is 18. The summed E-state index contributed by atoms with van der Waals surface area (Å²) < 4.78 is 0. The van der Waals surface area contributed by atoms with Crippen LogP contribution >= 0.6 is 11.3 Å². The molecule has 10 heteroatoms. The van der Waals surface area contributed by atoms with Crippen molar-refractivity contribution in [2.75, 3.05) is 6.54 Å². The van der Waals surface area contributed by atoms with Gasteiger partial charge in [-0.2, -0.15) is 0 Å². The minimum Gasteiger partial charge on any atom is -0.384 e. The summed E-state index contributed by atoms with van der Waals surface area (Å²) in [6.45, 7) is 4.64. The van der Waals surface area contributed by atoms with Crippen molar-refractivity contribution in [3.05, 3.63) is 52.5 Å². The summed E-state index contributed by atoms with van der Waals surface area (Å²) in [5.74, 6) is -0.589. The van der Waals surface area contributed by atoms with Crippen molar-refractivity contribution >= 4 is 29.1 Å². The third-order valence-corrected chi connectivity index (χ3v) is 8.97. The van der Waals surface area contributed by atoms with Crippen LogP contribution < -0.4 is 21.7 Å². The number of hydrogen-bond acceptors (Lipinski definition) is 8. The highest BCUT2D eigenvalue weighted by molar-refractivity contribution is 7.09. The molecule has 6 N–H and O–H groups in total. The zero-order chi connectivity index (χ0) is 31.0. The molecular formula is C33H51N5O4S. The van der Waals surface area contributed by atoms with Crippen LogP contribution in [0.3, 0.4) is 0 Å². The molecule has 9 nitrogen and oxygen atoms in total. The number of carbonyl (C=O) groups excluding carboxylic acids is 3. The Labute approximate surface area is 260 Å². The average Bonchev–Trinajstić information content (AvgIpc) is 3.54. The van der Waals surface area contributed by atoms with Crippen molar-refractivity contribution < 1.29 is 19.5 Å². The third-order valence-electron chi connectivity index (χ3n) is 8.13. The van der Waals surface area contributed by atoms with Gasteiger partial charge in [-0.1, -0.05) is 82.7 Å². The largest absolute Gasteiger partial charge is 0.384 e. The van der Waals surface area contributed by atoms with Crippen molar-refractivity contribution in [3.63, 3.8) is 0 Å². The van der Waals surface area contributed by atoms with Crippen LogP contribution in [0.2, 0.25) is 0 Å². The standard InChI is InChI=1S/C33H51N5O4S/c1-23(2)20-27(36-26(21-24-12-6-3-7-13-24)30(40)33-35-18-19-43-33)31(41)38-32(42)28(22-25-14-8-4-9-15-25)37-29(39)16-10-5-11-17-34/h4,8-9,14-15,18-19,23-24,26-28,30,36,40H,3,5-7,10-13,16-17,20-22,34H2,1-2H3,(H,37,39)(H,38,41,42)/t26-,27-,28-,30+/m0/s1. The molecule has 238 valence electrons. The minimum absolute atomic E-state index is 0.166. The van der Waals surface area contributed by atoms with Crippen molar-refractivity contribution in [2.24, 2.45) is 17.6 Å². The molecular weight excluding hydrogens is 562 g/mol. The van der Waals surface area contributed by atoms with Gasteiger partial charge in [0.1, 0.15) is 17.2 Å². The summed E-state index contributed by atoms with van der Waals surface area (Å²) in [5.41, 5.74) is 6.45. The molecule has 4 atom stereocenters. The lowest BCUT2D eigenvalue weighted by molar-refractivity contribution is -0.135. The quantitative estimate of drug-likeness (QED) is 0.157. The van der Waals surface area contributed by atoms with Gasteiger partial charge in [0.2, 0.25) is 17.7 Å². The molecule has 43 heavy (non-hydrogen) atoms. The smallest absolute Gasteiger partial charge is 0.249 e. The second-order valence-corrected chi connectivity index (χ2v) is 13.2. The van der Waals surface area contributed by atoms with E-state index in [2.05, 4.69) is 20.9 Å². The Morgan fingerprint density at radius 3 is 2.40 bits per heavy atom. The topological polar surface area (TPSA) is 146 Å². The lowest BCUT2D eigenvalue weighted by atomic mass is 9.83. The van der Waals surface area contributed by atoms with E-state index in [0.29, 0.717) is 36.7 Å². The monoisotopic (exact) mass is 613 g/mol. The highest BCUT2D eigenvalue weighted by atomic mass is 32.1. The van der Waals surface area contributed by atoms with Crippen LogP contribution in [-0.4, -0.2) is 52.5 Å². The van der Waals surface area contributed by atoms with E-state index in [1.54, 1.807) is 6.20 Å². The first kappa shape index (κ1) is 34.8. The second-order valence-electron chi connectivity index (χ2n) is 12.3. The molecule has 2 aromatic rings. The van der Waals surface area contributed by atoms with Gasteiger partial charge in [-0.3, -0.25) is 19.7 Å². The first-order valence-electron chi connectivity index (χ1n) is 16.0. The number of benzene rings is 1. The number of hydrogen-bond donors (Lipinski definition) is 5. The summed E-state index contributed by atoms with van der Waals surface area (Å²) in [6.07, 6.45) is 10.8. The van der Waals surface area contributed by atoms with Gasteiger partial charge < -0.3 is 21.5 Å². The molecule has 1 aliphatic carbocycles. The number of aromatic nitrogens is 1. The van der Waals surface area contributed by atoms with E-state index >= 15 is 0 Å². The van der Waals surface area contributed by atoms with Crippen LogP contribution in [0.5, 0.6) is 0 Å². The van der Waals surface area contributed by atoms with Crippen LogP contribution in [0.15, 0.2) is 41.9 Å². The number of nitrogens with two attached hydrogens (primary N) is 1. The summed E-state index contributed by atoms with van der Waals surface area (Å²) in [5, 5.41) is 22.7. The Bertz CT molecular complexity index is 1090. The molecule has 0 aliphatic heterocycles. The highest BCUT2D eigenvalue weighted by Crippen LogP contribution is 2.32. The van der Waals surface area contributed by atoms with E-state index in [-0.39, 0.29) is 24.3 Å². The van der Waals surface area contributed by atoms with E-state index in [1.807, 2.05) is 49.6 Å². The van der Waals surface area contributed by atoms with E-state index in [9.17, 15) is 19.5 Å². The van der Waals surface area contributed by atoms with Crippen molar-refractivity contribution in [1.82, 2.24) is 20.9 Å². The van der Waals surface area contributed by atoms with Crippen molar-refractivity contribution in [1.29, 1.82) is 0 Å². The lowest BCUT2D eigenvalue weighted by Crippen LogP contribution is -2.56. The summed E-state index contributed by atoms with van der Waals surface area (Å²) >= 11 is 1.40. The fourth-order valence-electron chi connectivity index (χ4n) is 5.83. The molecule has 3 rings (SSSR count). The zero-order valence-corrected chi connectivity index (χ0v) is 26.6. The first-order valence-corrected chi connectivity index (χ1v) is 16.9. The molecule has 1 saturated carbocycles. The number of unbranched alkanes of at least 4 members (excludes halogenated alkanes) is 2. The predicted octanol–water partition coefficient (Wildman–Crippen LogP) is 4.41. The maximum Gasteiger partial charge on any atom is 0.249 e. The Hall–Kier alpha value is -2.66. The van der Waals surface area contributed by atoms with Gasteiger partial charge in [-0.05, 0) is 49.6 Å². The minimum atomic E-state index is -0.896. The Morgan fingerprint density at radius 1 is 1.02 bits per heavy atom.